The Kier molecular flexibility index (Phi) is 5.03. The first-order chi connectivity index (χ1) is 8.06. The van der Waals surface area contributed by atoms with Gasteiger partial charge in [0, 0.05) is 12.1 Å². The summed E-state index contributed by atoms with van der Waals surface area (Å²) in [6, 6.07) is 2.73. The number of carbonyl (C=O) groups is 1. The molecule has 0 saturated heterocycles. The monoisotopic (exact) mass is 243 g/mol. The molecule has 94 valence electrons. The fraction of sp³-hybridized carbons (Fsp3) is 0.417. The topological polar surface area (TPSA) is 38.3 Å². The third-order valence-electron chi connectivity index (χ3n) is 2.31. The largest absolute Gasteiger partial charge is 0.466 e. The molecule has 0 spiro atoms. The van der Waals surface area contributed by atoms with Gasteiger partial charge < -0.3 is 10.1 Å². The number of rotatable bonds is 5. The van der Waals surface area contributed by atoms with Crippen molar-refractivity contribution in [1.82, 2.24) is 5.32 Å². The van der Waals surface area contributed by atoms with E-state index in [9.17, 15) is 13.6 Å². The highest BCUT2D eigenvalue weighted by Crippen LogP contribution is 2.19. The molecule has 0 fully saturated rings. The molecule has 1 unspecified atom stereocenters. The van der Waals surface area contributed by atoms with Gasteiger partial charge in [0.2, 0.25) is 0 Å². The average Bonchev–Trinajstić information content (AvgIpc) is 2.24. The van der Waals surface area contributed by atoms with Gasteiger partial charge in [-0.2, -0.15) is 0 Å². The minimum absolute atomic E-state index is 0.0350. The van der Waals surface area contributed by atoms with Gasteiger partial charge in [-0.1, -0.05) is 0 Å². The highest BCUT2D eigenvalue weighted by molar-refractivity contribution is 5.70. The summed E-state index contributed by atoms with van der Waals surface area (Å²) >= 11 is 0. The van der Waals surface area contributed by atoms with Crippen molar-refractivity contribution in [3.63, 3.8) is 0 Å². The number of nitrogens with one attached hydrogen (secondary N) is 1. The lowest BCUT2D eigenvalue weighted by atomic mass is 10.0. The van der Waals surface area contributed by atoms with E-state index in [4.69, 9.17) is 4.74 Å². The lowest BCUT2D eigenvalue weighted by Crippen LogP contribution is -2.21. The summed E-state index contributed by atoms with van der Waals surface area (Å²) in [6.07, 6.45) is 0.0350. The van der Waals surface area contributed by atoms with Crippen LogP contribution in [0.25, 0.3) is 0 Å². The van der Waals surface area contributed by atoms with Crippen LogP contribution in [0.3, 0.4) is 0 Å². The molecular weight excluding hydrogens is 228 g/mol. The molecular formula is C12H15F2NO2. The van der Waals surface area contributed by atoms with Gasteiger partial charge in [0.15, 0.2) is 0 Å². The maximum atomic E-state index is 13.0. The van der Waals surface area contributed by atoms with Crippen LogP contribution < -0.4 is 5.32 Å². The van der Waals surface area contributed by atoms with E-state index in [-0.39, 0.29) is 13.0 Å². The Morgan fingerprint density at radius 1 is 1.35 bits per heavy atom. The van der Waals surface area contributed by atoms with E-state index in [1.54, 1.807) is 14.0 Å². The van der Waals surface area contributed by atoms with Crippen LogP contribution in [-0.2, 0) is 9.53 Å². The van der Waals surface area contributed by atoms with E-state index < -0.39 is 23.6 Å². The number of esters is 1. The summed E-state index contributed by atoms with van der Waals surface area (Å²) in [5.74, 6) is -1.73. The molecule has 0 saturated carbocycles. The lowest BCUT2D eigenvalue weighted by Gasteiger charge is -2.15. The second kappa shape index (κ2) is 6.30. The normalized spacial score (nSPS) is 12.2. The average molecular weight is 243 g/mol. The van der Waals surface area contributed by atoms with Gasteiger partial charge in [-0.25, -0.2) is 8.78 Å². The van der Waals surface area contributed by atoms with Crippen molar-refractivity contribution in [1.29, 1.82) is 0 Å². The molecule has 0 aliphatic rings. The number of halogens is 2. The molecule has 0 aromatic heterocycles. The summed E-state index contributed by atoms with van der Waals surface area (Å²) in [4.78, 5) is 11.3. The molecule has 17 heavy (non-hydrogen) atoms. The first-order valence-electron chi connectivity index (χ1n) is 5.35. The molecule has 0 radical (unpaired) electrons. The first-order valence-corrected chi connectivity index (χ1v) is 5.35. The van der Waals surface area contributed by atoms with E-state index in [0.717, 1.165) is 6.07 Å². The number of benzene rings is 1. The summed E-state index contributed by atoms with van der Waals surface area (Å²) in [7, 11) is 1.62. The van der Waals surface area contributed by atoms with Gasteiger partial charge in [0.25, 0.3) is 0 Å². The van der Waals surface area contributed by atoms with Crippen LogP contribution in [-0.4, -0.2) is 19.6 Å². The van der Waals surface area contributed by atoms with Gasteiger partial charge in [-0.15, -0.1) is 0 Å². The Labute approximate surface area is 98.8 Å². The number of carbonyl (C=O) groups excluding carboxylic acids is 1. The Morgan fingerprint density at radius 2 is 1.94 bits per heavy atom. The van der Waals surface area contributed by atoms with Gasteiger partial charge in [-0.05, 0) is 31.7 Å². The fourth-order valence-electron chi connectivity index (χ4n) is 1.55. The standard InChI is InChI=1S/C12H15F2NO2/c1-3-17-12(16)7-11(15-2)8-4-9(13)6-10(14)5-8/h4-6,11,15H,3,7H2,1-2H3. The molecule has 0 bridgehead atoms. The van der Waals surface area contributed by atoms with E-state index in [1.807, 2.05) is 0 Å². The maximum absolute atomic E-state index is 13.0. The Hall–Kier alpha value is -1.49. The Balaban J connectivity index is 2.82. The summed E-state index contributed by atoms with van der Waals surface area (Å²) in [5.41, 5.74) is 0.387. The SMILES string of the molecule is CCOC(=O)CC(NC)c1cc(F)cc(F)c1. The molecule has 0 aliphatic carbocycles. The van der Waals surface area contributed by atoms with Crippen LogP contribution >= 0.6 is 0 Å². The highest BCUT2D eigenvalue weighted by Gasteiger charge is 2.16. The Morgan fingerprint density at radius 3 is 2.41 bits per heavy atom. The maximum Gasteiger partial charge on any atom is 0.307 e. The lowest BCUT2D eigenvalue weighted by molar-refractivity contribution is -0.143. The van der Waals surface area contributed by atoms with Crippen molar-refractivity contribution in [3.05, 3.63) is 35.4 Å². The van der Waals surface area contributed by atoms with Gasteiger partial charge in [0.1, 0.15) is 11.6 Å². The van der Waals surface area contributed by atoms with Gasteiger partial charge >= 0.3 is 5.97 Å². The fourth-order valence-corrected chi connectivity index (χ4v) is 1.55. The summed E-state index contributed by atoms with van der Waals surface area (Å²) in [6.45, 7) is 1.99. The van der Waals surface area contributed by atoms with Crippen molar-refractivity contribution in [3.8, 4) is 0 Å². The molecule has 0 heterocycles. The molecule has 1 N–H and O–H groups in total. The highest BCUT2D eigenvalue weighted by atomic mass is 19.1. The third kappa shape index (κ3) is 4.11. The molecule has 1 atom stereocenters. The zero-order valence-corrected chi connectivity index (χ0v) is 9.80. The van der Waals surface area contributed by atoms with E-state index >= 15 is 0 Å². The quantitative estimate of drug-likeness (QED) is 0.805. The van der Waals surface area contributed by atoms with Gasteiger partial charge in [0.05, 0.1) is 13.0 Å². The number of hydrogen-bond acceptors (Lipinski definition) is 3. The molecule has 1 aromatic rings. The van der Waals surface area contributed by atoms with E-state index in [1.165, 1.54) is 12.1 Å². The molecule has 3 nitrogen and oxygen atoms in total. The molecule has 0 aliphatic heterocycles. The first kappa shape index (κ1) is 13.6. The van der Waals surface area contributed by atoms with Crippen molar-refractivity contribution in [2.24, 2.45) is 0 Å². The number of ether oxygens (including phenoxy) is 1. The van der Waals surface area contributed by atoms with E-state index in [2.05, 4.69) is 5.32 Å². The molecule has 1 rings (SSSR count). The predicted molar refractivity (Wildman–Crippen MR) is 59.4 cm³/mol. The van der Waals surface area contributed by atoms with Crippen LogP contribution in [0.15, 0.2) is 18.2 Å². The van der Waals surface area contributed by atoms with Crippen LogP contribution in [0.5, 0.6) is 0 Å². The molecule has 1 aromatic carbocycles. The van der Waals surface area contributed by atoms with Crippen molar-refractivity contribution >= 4 is 5.97 Å². The second-order valence-corrected chi connectivity index (χ2v) is 3.55. The zero-order chi connectivity index (χ0) is 12.8. The molecule has 5 heteroatoms. The molecule has 0 amide bonds. The second-order valence-electron chi connectivity index (χ2n) is 3.55. The number of hydrogen-bond donors (Lipinski definition) is 1. The zero-order valence-electron chi connectivity index (χ0n) is 9.80. The van der Waals surface area contributed by atoms with Crippen LogP contribution in [0.1, 0.15) is 24.9 Å². The Bertz CT molecular complexity index is 376. The van der Waals surface area contributed by atoms with Crippen LogP contribution in [0.2, 0.25) is 0 Å². The van der Waals surface area contributed by atoms with Crippen molar-refractivity contribution < 1.29 is 18.3 Å². The summed E-state index contributed by atoms with van der Waals surface area (Å²) in [5, 5.41) is 2.83. The van der Waals surface area contributed by atoms with Crippen molar-refractivity contribution in [2.75, 3.05) is 13.7 Å². The third-order valence-corrected chi connectivity index (χ3v) is 2.31. The van der Waals surface area contributed by atoms with Crippen LogP contribution in [0.4, 0.5) is 8.78 Å². The van der Waals surface area contributed by atoms with Crippen LogP contribution in [0, 0.1) is 11.6 Å². The predicted octanol–water partition coefficient (Wildman–Crippen LogP) is 2.18. The van der Waals surface area contributed by atoms with E-state index in [0.29, 0.717) is 5.56 Å². The van der Waals surface area contributed by atoms with Crippen molar-refractivity contribution in [2.45, 2.75) is 19.4 Å². The van der Waals surface area contributed by atoms with Gasteiger partial charge in [-0.3, -0.25) is 4.79 Å². The minimum atomic E-state index is -0.663. The summed E-state index contributed by atoms with van der Waals surface area (Å²) < 4.78 is 30.8. The minimum Gasteiger partial charge on any atom is -0.466 e. The smallest absolute Gasteiger partial charge is 0.307 e.